The Labute approximate surface area is 144 Å². The van der Waals surface area contributed by atoms with Gasteiger partial charge in [-0.05, 0) is 25.0 Å². The number of nitrogens with one attached hydrogen (secondary N) is 2. The molecule has 2 heterocycles. The molecule has 134 valence electrons. The highest BCUT2D eigenvalue weighted by Gasteiger charge is 2.23. The molecule has 0 unspecified atom stereocenters. The minimum absolute atomic E-state index is 0.137. The quantitative estimate of drug-likeness (QED) is 0.824. The molecule has 0 spiro atoms. The lowest BCUT2D eigenvalue weighted by molar-refractivity contribution is 0.0835. The molecule has 0 bridgehead atoms. The molecule has 9 nitrogen and oxygen atoms in total. The van der Waals surface area contributed by atoms with Crippen LogP contribution in [0.3, 0.4) is 0 Å². The number of ether oxygens (including phenoxy) is 3. The highest BCUT2D eigenvalue weighted by molar-refractivity contribution is 5.89. The van der Waals surface area contributed by atoms with E-state index < -0.39 is 6.03 Å². The Morgan fingerprint density at radius 2 is 2.16 bits per heavy atom. The van der Waals surface area contributed by atoms with Crippen LogP contribution < -0.4 is 20.1 Å². The minimum Gasteiger partial charge on any atom is -0.493 e. The van der Waals surface area contributed by atoms with Crippen LogP contribution in [0.1, 0.15) is 30.7 Å². The minimum atomic E-state index is -0.393. The van der Waals surface area contributed by atoms with E-state index in [2.05, 4.69) is 20.8 Å². The number of hydrogen-bond acceptors (Lipinski definition) is 7. The summed E-state index contributed by atoms with van der Waals surface area (Å²) in [4.78, 5) is 16.2. The van der Waals surface area contributed by atoms with E-state index in [-0.39, 0.29) is 12.6 Å². The molecular weight excluding hydrogens is 328 g/mol. The molecule has 1 atom stereocenters. The van der Waals surface area contributed by atoms with Crippen molar-refractivity contribution in [3.05, 3.63) is 29.9 Å². The van der Waals surface area contributed by atoms with Gasteiger partial charge in [-0.15, -0.1) is 0 Å². The van der Waals surface area contributed by atoms with Gasteiger partial charge in [-0.1, -0.05) is 5.16 Å². The number of carbonyl (C=O) groups excluding carboxylic acids is 1. The van der Waals surface area contributed by atoms with Crippen molar-refractivity contribution in [2.45, 2.75) is 25.5 Å². The SMILES string of the molecule is COc1ccc(NC(=O)NCc2noc([C@@H]3CCCO3)n2)cc1OC. The van der Waals surface area contributed by atoms with Gasteiger partial charge in [-0.25, -0.2) is 4.79 Å². The van der Waals surface area contributed by atoms with E-state index in [9.17, 15) is 4.79 Å². The molecule has 0 radical (unpaired) electrons. The first-order chi connectivity index (χ1) is 12.2. The van der Waals surface area contributed by atoms with Gasteiger partial charge in [0, 0.05) is 18.4 Å². The molecule has 3 rings (SSSR count). The number of anilines is 1. The van der Waals surface area contributed by atoms with Gasteiger partial charge >= 0.3 is 6.03 Å². The summed E-state index contributed by atoms with van der Waals surface area (Å²) < 4.78 is 21.0. The van der Waals surface area contributed by atoms with Gasteiger partial charge in [0.05, 0.1) is 20.8 Å². The zero-order valence-corrected chi connectivity index (χ0v) is 14.1. The molecule has 2 amide bonds. The Kier molecular flexibility index (Phi) is 5.34. The fraction of sp³-hybridized carbons (Fsp3) is 0.438. The molecular formula is C16H20N4O5. The Morgan fingerprint density at radius 3 is 2.88 bits per heavy atom. The summed E-state index contributed by atoms with van der Waals surface area (Å²) in [6.07, 6.45) is 1.71. The molecule has 25 heavy (non-hydrogen) atoms. The van der Waals surface area contributed by atoms with Crippen molar-refractivity contribution >= 4 is 11.7 Å². The number of methoxy groups -OCH3 is 2. The maximum atomic E-state index is 12.0. The van der Waals surface area contributed by atoms with E-state index in [1.165, 1.54) is 7.11 Å². The van der Waals surface area contributed by atoms with Gasteiger partial charge in [-0.3, -0.25) is 0 Å². The van der Waals surface area contributed by atoms with E-state index in [0.717, 1.165) is 12.8 Å². The summed E-state index contributed by atoms with van der Waals surface area (Å²) in [5.41, 5.74) is 0.573. The van der Waals surface area contributed by atoms with Crippen molar-refractivity contribution in [2.75, 3.05) is 26.1 Å². The predicted molar refractivity (Wildman–Crippen MR) is 87.6 cm³/mol. The third-order valence-electron chi connectivity index (χ3n) is 3.74. The average molecular weight is 348 g/mol. The Hall–Kier alpha value is -2.81. The summed E-state index contributed by atoms with van der Waals surface area (Å²) in [6.45, 7) is 0.851. The molecule has 1 saturated heterocycles. The molecule has 1 fully saturated rings. The highest BCUT2D eigenvalue weighted by atomic mass is 16.5. The van der Waals surface area contributed by atoms with Crippen molar-refractivity contribution in [3.8, 4) is 11.5 Å². The maximum Gasteiger partial charge on any atom is 0.319 e. The molecule has 1 aromatic heterocycles. The molecule has 0 aliphatic carbocycles. The molecule has 2 N–H and O–H groups in total. The van der Waals surface area contributed by atoms with Crippen molar-refractivity contribution < 1.29 is 23.5 Å². The van der Waals surface area contributed by atoms with E-state index in [1.807, 2.05) is 0 Å². The lowest BCUT2D eigenvalue weighted by Gasteiger charge is -2.10. The second-order valence-electron chi connectivity index (χ2n) is 5.43. The number of amides is 2. The van der Waals surface area contributed by atoms with Gasteiger partial charge in [0.2, 0.25) is 0 Å². The van der Waals surface area contributed by atoms with Crippen LogP contribution in [-0.2, 0) is 11.3 Å². The van der Waals surface area contributed by atoms with Crippen LogP contribution in [0.5, 0.6) is 11.5 Å². The normalized spacial score (nSPS) is 16.5. The highest BCUT2D eigenvalue weighted by Crippen LogP contribution is 2.29. The van der Waals surface area contributed by atoms with Gasteiger partial charge < -0.3 is 29.4 Å². The van der Waals surface area contributed by atoms with Crippen LogP contribution >= 0.6 is 0 Å². The van der Waals surface area contributed by atoms with E-state index in [4.69, 9.17) is 18.7 Å². The number of nitrogens with zero attached hydrogens (tertiary/aromatic N) is 2. The number of rotatable bonds is 6. The van der Waals surface area contributed by atoms with E-state index in [1.54, 1.807) is 25.3 Å². The zero-order chi connectivity index (χ0) is 17.6. The zero-order valence-electron chi connectivity index (χ0n) is 14.1. The van der Waals surface area contributed by atoms with Gasteiger partial charge in [0.15, 0.2) is 17.3 Å². The summed E-state index contributed by atoms with van der Waals surface area (Å²) in [5.74, 6) is 1.96. The third kappa shape index (κ3) is 4.18. The topological polar surface area (TPSA) is 108 Å². The number of hydrogen-bond donors (Lipinski definition) is 2. The lowest BCUT2D eigenvalue weighted by Crippen LogP contribution is -2.28. The number of urea groups is 1. The summed E-state index contributed by atoms with van der Waals surface area (Å²) >= 11 is 0. The second kappa shape index (κ2) is 7.84. The van der Waals surface area contributed by atoms with Crippen LogP contribution in [0.2, 0.25) is 0 Å². The first kappa shape index (κ1) is 17.0. The summed E-state index contributed by atoms with van der Waals surface area (Å²) in [6, 6.07) is 4.70. The number of carbonyl (C=O) groups is 1. The first-order valence-electron chi connectivity index (χ1n) is 7.90. The fourth-order valence-corrected chi connectivity index (χ4v) is 2.49. The molecule has 1 aromatic carbocycles. The monoisotopic (exact) mass is 348 g/mol. The maximum absolute atomic E-state index is 12.0. The van der Waals surface area contributed by atoms with E-state index in [0.29, 0.717) is 35.5 Å². The lowest BCUT2D eigenvalue weighted by atomic mass is 10.2. The van der Waals surface area contributed by atoms with Gasteiger partial charge in [-0.2, -0.15) is 4.98 Å². The Balaban J connectivity index is 1.52. The van der Waals surface area contributed by atoms with Crippen LogP contribution in [0, 0.1) is 0 Å². The number of benzene rings is 1. The Bertz CT molecular complexity index is 727. The fourth-order valence-electron chi connectivity index (χ4n) is 2.49. The van der Waals surface area contributed by atoms with Crippen molar-refractivity contribution in [2.24, 2.45) is 0 Å². The standard InChI is InChI=1S/C16H20N4O5/c1-22-11-6-5-10(8-13(11)23-2)18-16(21)17-9-14-19-15(25-20-14)12-4-3-7-24-12/h5-6,8,12H,3-4,7,9H2,1-2H3,(H2,17,18,21)/t12-/m0/s1. The molecule has 0 saturated carbocycles. The van der Waals surface area contributed by atoms with Crippen LogP contribution in [-0.4, -0.2) is 37.0 Å². The third-order valence-corrected chi connectivity index (χ3v) is 3.74. The summed E-state index contributed by atoms with van der Waals surface area (Å²) in [7, 11) is 3.08. The first-order valence-corrected chi connectivity index (χ1v) is 7.90. The molecule has 1 aliphatic heterocycles. The predicted octanol–water partition coefficient (Wildman–Crippen LogP) is 2.26. The molecule has 1 aliphatic rings. The van der Waals surface area contributed by atoms with Crippen LogP contribution in [0.4, 0.5) is 10.5 Å². The summed E-state index contributed by atoms with van der Waals surface area (Å²) in [5, 5.41) is 9.22. The van der Waals surface area contributed by atoms with Crippen LogP contribution in [0.25, 0.3) is 0 Å². The number of aromatic nitrogens is 2. The van der Waals surface area contributed by atoms with Gasteiger partial charge in [0.25, 0.3) is 5.89 Å². The van der Waals surface area contributed by atoms with E-state index >= 15 is 0 Å². The largest absolute Gasteiger partial charge is 0.493 e. The Morgan fingerprint density at radius 1 is 1.32 bits per heavy atom. The van der Waals surface area contributed by atoms with Crippen molar-refractivity contribution in [1.29, 1.82) is 0 Å². The van der Waals surface area contributed by atoms with Crippen molar-refractivity contribution in [3.63, 3.8) is 0 Å². The smallest absolute Gasteiger partial charge is 0.319 e. The van der Waals surface area contributed by atoms with Crippen LogP contribution in [0.15, 0.2) is 22.7 Å². The molecule has 9 heteroatoms. The second-order valence-corrected chi connectivity index (χ2v) is 5.43. The average Bonchev–Trinajstić information content (AvgIpc) is 3.31. The van der Waals surface area contributed by atoms with Gasteiger partial charge in [0.1, 0.15) is 6.10 Å². The van der Waals surface area contributed by atoms with Crippen molar-refractivity contribution in [1.82, 2.24) is 15.5 Å². The molecule has 2 aromatic rings.